The molecule has 1 fully saturated rings. The van der Waals surface area contributed by atoms with Crippen molar-refractivity contribution in [1.82, 2.24) is 4.98 Å². The summed E-state index contributed by atoms with van der Waals surface area (Å²) in [6, 6.07) is 1.48. The van der Waals surface area contributed by atoms with E-state index in [0.717, 1.165) is 36.8 Å². The Labute approximate surface area is 107 Å². The number of piperidine rings is 1. The Morgan fingerprint density at radius 1 is 1.47 bits per heavy atom. The number of pyridine rings is 1. The maximum atomic E-state index is 13.1. The van der Waals surface area contributed by atoms with E-state index in [1.165, 1.54) is 12.3 Å². The predicted octanol–water partition coefficient (Wildman–Crippen LogP) is 3.44. The molecular formula is C13H18ClFN2. The van der Waals surface area contributed by atoms with E-state index in [1.807, 2.05) is 0 Å². The van der Waals surface area contributed by atoms with Crippen LogP contribution in [-0.2, 0) is 5.88 Å². The summed E-state index contributed by atoms with van der Waals surface area (Å²) in [6.07, 6.45) is 2.43. The van der Waals surface area contributed by atoms with Crippen molar-refractivity contribution < 1.29 is 4.39 Å². The second kappa shape index (κ2) is 5.21. The summed E-state index contributed by atoms with van der Waals surface area (Å²) in [7, 11) is 0. The fourth-order valence-electron chi connectivity index (χ4n) is 2.31. The average molecular weight is 257 g/mol. The van der Waals surface area contributed by atoms with Gasteiger partial charge >= 0.3 is 0 Å². The first kappa shape index (κ1) is 12.6. The van der Waals surface area contributed by atoms with E-state index in [4.69, 9.17) is 11.6 Å². The number of hydrogen-bond donors (Lipinski definition) is 0. The van der Waals surface area contributed by atoms with E-state index in [2.05, 4.69) is 23.7 Å². The topological polar surface area (TPSA) is 16.1 Å². The van der Waals surface area contributed by atoms with Crippen LogP contribution in [0, 0.1) is 17.7 Å². The molecule has 2 atom stereocenters. The molecule has 94 valence electrons. The molecule has 4 heteroatoms. The molecule has 0 saturated carbocycles. The third kappa shape index (κ3) is 2.71. The van der Waals surface area contributed by atoms with Crippen LogP contribution in [0.3, 0.4) is 0 Å². The van der Waals surface area contributed by atoms with Gasteiger partial charge in [0.05, 0.1) is 12.1 Å². The van der Waals surface area contributed by atoms with Crippen LogP contribution in [0.4, 0.5) is 10.2 Å². The lowest BCUT2D eigenvalue weighted by Gasteiger charge is -2.36. The van der Waals surface area contributed by atoms with Crippen LogP contribution in [-0.4, -0.2) is 18.1 Å². The molecule has 0 amide bonds. The van der Waals surface area contributed by atoms with Gasteiger partial charge in [-0.2, -0.15) is 0 Å². The molecule has 1 aromatic heterocycles. The van der Waals surface area contributed by atoms with E-state index < -0.39 is 0 Å². The molecule has 0 bridgehead atoms. The predicted molar refractivity (Wildman–Crippen MR) is 68.9 cm³/mol. The first-order valence-corrected chi connectivity index (χ1v) is 6.60. The summed E-state index contributed by atoms with van der Waals surface area (Å²) in [5, 5.41) is 0. The van der Waals surface area contributed by atoms with Crippen molar-refractivity contribution in [1.29, 1.82) is 0 Å². The number of halogens is 2. The summed E-state index contributed by atoms with van der Waals surface area (Å²) in [5.41, 5.74) is 0.786. The maximum absolute atomic E-state index is 13.1. The zero-order chi connectivity index (χ0) is 12.4. The van der Waals surface area contributed by atoms with Crippen LogP contribution < -0.4 is 4.90 Å². The first-order valence-electron chi connectivity index (χ1n) is 6.07. The molecule has 1 saturated heterocycles. The van der Waals surface area contributed by atoms with Crippen molar-refractivity contribution in [3.05, 3.63) is 23.6 Å². The van der Waals surface area contributed by atoms with Crippen LogP contribution in [0.2, 0.25) is 0 Å². The molecule has 2 rings (SSSR count). The molecule has 2 heterocycles. The monoisotopic (exact) mass is 256 g/mol. The summed E-state index contributed by atoms with van der Waals surface area (Å²) in [5.74, 6) is 2.22. The minimum Gasteiger partial charge on any atom is -0.356 e. The molecular weight excluding hydrogens is 239 g/mol. The van der Waals surface area contributed by atoms with Crippen molar-refractivity contribution in [2.75, 3.05) is 18.0 Å². The number of alkyl halides is 1. The van der Waals surface area contributed by atoms with E-state index in [1.54, 1.807) is 0 Å². The average Bonchev–Trinajstić information content (AvgIpc) is 2.32. The van der Waals surface area contributed by atoms with Crippen molar-refractivity contribution in [3.8, 4) is 0 Å². The molecule has 0 spiro atoms. The molecule has 1 aliphatic heterocycles. The van der Waals surface area contributed by atoms with Crippen LogP contribution in [0.1, 0.15) is 25.8 Å². The lowest BCUT2D eigenvalue weighted by Crippen LogP contribution is -2.39. The first-order chi connectivity index (χ1) is 8.11. The van der Waals surface area contributed by atoms with Crippen molar-refractivity contribution in [3.63, 3.8) is 0 Å². The zero-order valence-corrected chi connectivity index (χ0v) is 11.0. The summed E-state index contributed by atoms with van der Waals surface area (Å²) in [6.45, 7) is 6.49. The molecule has 0 radical (unpaired) electrons. The Bertz CT molecular complexity index is 397. The van der Waals surface area contributed by atoms with Gasteiger partial charge < -0.3 is 4.90 Å². The SMILES string of the molecule is CC1CCN(c2ncc(F)cc2CCl)CC1C. The third-order valence-corrected chi connectivity index (χ3v) is 3.98. The van der Waals surface area contributed by atoms with Gasteiger partial charge in [-0.3, -0.25) is 0 Å². The Balaban J connectivity index is 2.22. The van der Waals surface area contributed by atoms with E-state index in [0.29, 0.717) is 11.8 Å². The van der Waals surface area contributed by atoms with Crippen molar-refractivity contribution in [2.24, 2.45) is 11.8 Å². The fourth-order valence-corrected chi connectivity index (χ4v) is 2.51. The summed E-state index contributed by atoms with van der Waals surface area (Å²) >= 11 is 5.85. The van der Waals surface area contributed by atoms with Crippen LogP contribution in [0.25, 0.3) is 0 Å². The molecule has 17 heavy (non-hydrogen) atoms. The van der Waals surface area contributed by atoms with Gasteiger partial charge in [0, 0.05) is 18.7 Å². The zero-order valence-electron chi connectivity index (χ0n) is 10.3. The van der Waals surface area contributed by atoms with Gasteiger partial charge in [0.15, 0.2) is 0 Å². The number of anilines is 1. The largest absolute Gasteiger partial charge is 0.356 e. The Hall–Kier alpha value is -0.830. The second-order valence-electron chi connectivity index (χ2n) is 4.96. The lowest BCUT2D eigenvalue weighted by molar-refractivity contribution is 0.322. The Morgan fingerprint density at radius 2 is 2.24 bits per heavy atom. The van der Waals surface area contributed by atoms with Gasteiger partial charge in [0.25, 0.3) is 0 Å². The number of hydrogen-bond acceptors (Lipinski definition) is 2. The molecule has 2 unspecified atom stereocenters. The summed E-state index contributed by atoms with van der Waals surface area (Å²) < 4.78 is 13.1. The highest BCUT2D eigenvalue weighted by molar-refractivity contribution is 6.17. The van der Waals surface area contributed by atoms with E-state index in [9.17, 15) is 4.39 Å². The minimum absolute atomic E-state index is 0.306. The van der Waals surface area contributed by atoms with Crippen molar-refractivity contribution >= 4 is 17.4 Å². The smallest absolute Gasteiger partial charge is 0.141 e. The maximum Gasteiger partial charge on any atom is 0.141 e. The van der Waals surface area contributed by atoms with Crippen molar-refractivity contribution in [2.45, 2.75) is 26.1 Å². The molecule has 1 aromatic rings. The summed E-state index contributed by atoms with van der Waals surface area (Å²) in [4.78, 5) is 6.42. The Morgan fingerprint density at radius 3 is 2.88 bits per heavy atom. The number of aromatic nitrogens is 1. The number of nitrogens with zero attached hydrogens (tertiary/aromatic N) is 2. The highest BCUT2D eigenvalue weighted by Crippen LogP contribution is 2.28. The highest BCUT2D eigenvalue weighted by atomic mass is 35.5. The normalized spacial score (nSPS) is 25.1. The Kier molecular flexibility index (Phi) is 3.87. The van der Waals surface area contributed by atoms with Gasteiger partial charge in [-0.25, -0.2) is 9.37 Å². The van der Waals surface area contributed by atoms with Gasteiger partial charge in [0.2, 0.25) is 0 Å². The van der Waals surface area contributed by atoms with Crippen LogP contribution in [0.15, 0.2) is 12.3 Å². The van der Waals surface area contributed by atoms with Crippen LogP contribution in [0.5, 0.6) is 0 Å². The molecule has 2 nitrogen and oxygen atoms in total. The lowest BCUT2D eigenvalue weighted by atomic mass is 9.88. The van der Waals surface area contributed by atoms with E-state index in [-0.39, 0.29) is 5.82 Å². The van der Waals surface area contributed by atoms with Gasteiger partial charge in [-0.05, 0) is 24.3 Å². The fraction of sp³-hybridized carbons (Fsp3) is 0.615. The highest BCUT2D eigenvalue weighted by Gasteiger charge is 2.24. The molecule has 1 aliphatic rings. The van der Waals surface area contributed by atoms with Crippen LogP contribution >= 0.6 is 11.6 Å². The minimum atomic E-state index is -0.317. The van der Waals surface area contributed by atoms with Gasteiger partial charge in [-0.1, -0.05) is 13.8 Å². The van der Waals surface area contributed by atoms with Gasteiger partial charge in [0.1, 0.15) is 11.6 Å². The molecule has 0 aliphatic carbocycles. The van der Waals surface area contributed by atoms with Gasteiger partial charge in [-0.15, -0.1) is 11.6 Å². The quantitative estimate of drug-likeness (QED) is 0.754. The molecule has 0 N–H and O–H groups in total. The van der Waals surface area contributed by atoms with E-state index >= 15 is 0 Å². The number of rotatable bonds is 2. The third-order valence-electron chi connectivity index (χ3n) is 3.69. The molecule has 0 aromatic carbocycles. The second-order valence-corrected chi connectivity index (χ2v) is 5.23. The standard InChI is InChI=1S/C13H18ClFN2/c1-9-3-4-17(8-10(9)2)13-11(6-14)5-12(15)7-16-13/h5,7,9-10H,3-4,6,8H2,1-2H3.